The number of benzene rings is 1. The Kier molecular flexibility index (Phi) is 4.08. The zero-order chi connectivity index (χ0) is 16.4. The van der Waals surface area contributed by atoms with Gasteiger partial charge in [0.2, 0.25) is 0 Å². The highest BCUT2D eigenvalue weighted by atomic mass is 16.5. The molecule has 2 heterocycles. The summed E-state index contributed by atoms with van der Waals surface area (Å²) in [6.45, 7) is 4.31. The summed E-state index contributed by atoms with van der Waals surface area (Å²) in [7, 11) is 0. The smallest absolute Gasteiger partial charge is 0.267 e. The van der Waals surface area contributed by atoms with Crippen LogP contribution in [-0.4, -0.2) is 21.1 Å². The minimum absolute atomic E-state index is 0.181. The number of fused-ring (bicyclic) bond motifs is 1. The van der Waals surface area contributed by atoms with Gasteiger partial charge in [0, 0.05) is 6.20 Å². The lowest BCUT2D eigenvalue weighted by Crippen LogP contribution is -2.27. The van der Waals surface area contributed by atoms with Crippen LogP contribution in [0.2, 0.25) is 0 Å². The fourth-order valence-corrected chi connectivity index (χ4v) is 2.45. The molecule has 0 spiro atoms. The van der Waals surface area contributed by atoms with Gasteiger partial charge in [-0.3, -0.25) is 9.36 Å². The Hall–Kier alpha value is -2.73. The molecule has 23 heavy (non-hydrogen) atoms. The van der Waals surface area contributed by atoms with Crippen molar-refractivity contribution in [2.24, 2.45) is 5.73 Å². The third-order valence-electron chi connectivity index (χ3n) is 3.48. The predicted octanol–water partition coefficient (Wildman–Crippen LogP) is 2.20. The average molecular weight is 310 g/mol. The van der Waals surface area contributed by atoms with Gasteiger partial charge in [-0.25, -0.2) is 9.97 Å². The molecule has 1 atom stereocenters. The molecule has 2 N–H and O–H groups in total. The Labute approximate surface area is 133 Å². The molecule has 0 fully saturated rings. The lowest BCUT2D eigenvalue weighted by atomic mass is 10.2. The zero-order valence-corrected chi connectivity index (χ0v) is 13.1. The van der Waals surface area contributed by atoms with Crippen LogP contribution in [0.5, 0.6) is 5.75 Å². The molecule has 6 nitrogen and oxygen atoms in total. The van der Waals surface area contributed by atoms with Crippen LogP contribution in [-0.2, 0) is 0 Å². The molecule has 0 saturated carbocycles. The first kappa shape index (κ1) is 15.2. The van der Waals surface area contributed by atoms with Gasteiger partial charge in [0.25, 0.3) is 5.56 Å². The van der Waals surface area contributed by atoms with E-state index in [1.165, 1.54) is 4.57 Å². The minimum Gasteiger partial charge on any atom is -0.494 e. The number of hydrogen-bond donors (Lipinski definition) is 1. The first-order chi connectivity index (χ1) is 11.1. The molecule has 3 aromatic rings. The molecule has 0 aliphatic carbocycles. The van der Waals surface area contributed by atoms with E-state index >= 15 is 0 Å². The van der Waals surface area contributed by atoms with Gasteiger partial charge in [-0.1, -0.05) is 0 Å². The highest BCUT2D eigenvalue weighted by molar-refractivity contribution is 5.73. The second-order valence-corrected chi connectivity index (χ2v) is 5.20. The molecule has 1 aromatic carbocycles. The molecular weight excluding hydrogens is 292 g/mol. The third kappa shape index (κ3) is 2.80. The van der Waals surface area contributed by atoms with Gasteiger partial charge in [0.15, 0.2) is 5.65 Å². The molecule has 6 heteroatoms. The number of nitrogens with two attached hydrogens (primary N) is 1. The maximum atomic E-state index is 12.9. The maximum Gasteiger partial charge on any atom is 0.267 e. The second kappa shape index (κ2) is 6.18. The number of rotatable bonds is 4. The number of pyridine rings is 1. The molecule has 0 aliphatic rings. The van der Waals surface area contributed by atoms with E-state index < -0.39 is 6.04 Å². The topological polar surface area (TPSA) is 83.0 Å². The van der Waals surface area contributed by atoms with Crippen molar-refractivity contribution in [1.29, 1.82) is 0 Å². The van der Waals surface area contributed by atoms with Gasteiger partial charge in [-0.05, 0) is 50.2 Å². The molecule has 0 amide bonds. The van der Waals surface area contributed by atoms with Crippen molar-refractivity contribution in [3.8, 4) is 11.4 Å². The Balaban J connectivity index is 2.24. The minimum atomic E-state index is -0.402. The van der Waals surface area contributed by atoms with Gasteiger partial charge in [-0.2, -0.15) is 0 Å². The van der Waals surface area contributed by atoms with Crippen LogP contribution < -0.4 is 16.0 Å². The number of hydrogen-bond acceptors (Lipinski definition) is 5. The summed E-state index contributed by atoms with van der Waals surface area (Å²) in [5.74, 6) is 1.23. The standard InChI is InChI=1S/C17H18N4O2/c1-3-23-13-8-6-12(7-9-13)21-16(11(2)18)20-15-14(17(21)22)5-4-10-19-15/h4-11H,3,18H2,1-2H3. The second-order valence-electron chi connectivity index (χ2n) is 5.20. The highest BCUT2D eigenvalue weighted by Gasteiger charge is 2.16. The van der Waals surface area contributed by atoms with Gasteiger partial charge in [0.1, 0.15) is 11.6 Å². The molecule has 1 unspecified atom stereocenters. The van der Waals surface area contributed by atoms with Gasteiger partial charge in [0.05, 0.1) is 23.7 Å². The van der Waals surface area contributed by atoms with Crippen LogP contribution in [0.25, 0.3) is 16.7 Å². The highest BCUT2D eigenvalue weighted by Crippen LogP contribution is 2.18. The van der Waals surface area contributed by atoms with E-state index in [-0.39, 0.29) is 5.56 Å². The van der Waals surface area contributed by atoms with Crippen molar-refractivity contribution in [3.63, 3.8) is 0 Å². The lowest BCUT2D eigenvalue weighted by molar-refractivity contribution is 0.340. The Bertz CT molecular complexity index is 885. The molecule has 2 aromatic heterocycles. The molecular formula is C17H18N4O2. The van der Waals surface area contributed by atoms with E-state index in [4.69, 9.17) is 10.5 Å². The van der Waals surface area contributed by atoms with Gasteiger partial charge < -0.3 is 10.5 Å². The van der Waals surface area contributed by atoms with Crippen LogP contribution in [0.3, 0.4) is 0 Å². The fourth-order valence-electron chi connectivity index (χ4n) is 2.45. The van der Waals surface area contributed by atoms with Crippen molar-refractivity contribution >= 4 is 11.0 Å². The SMILES string of the molecule is CCOc1ccc(-n2c(C(C)N)nc3ncccc3c2=O)cc1. The summed E-state index contributed by atoms with van der Waals surface area (Å²) < 4.78 is 6.97. The Morgan fingerprint density at radius 2 is 2.00 bits per heavy atom. The van der Waals surface area contributed by atoms with Crippen molar-refractivity contribution in [2.45, 2.75) is 19.9 Å². The van der Waals surface area contributed by atoms with Crippen molar-refractivity contribution in [2.75, 3.05) is 6.61 Å². The van der Waals surface area contributed by atoms with Crippen molar-refractivity contribution < 1.29 is 4.74 Å². The number of ether oxygens (including phenoxy) is 1. The first-order valence-electron chi connectivity index (χ1n) is 7.48. The summed E-state index contributed by atoms with van der Waals surface area (Å²) in [6.07, 6.45) is 1.61. The molecule has 0 aliphatic heterocycles. The molecule has 118 valence electrons. The van der Waals surface area contributed by atoms with E-state index in [9.17, 15) is 4.79 Å². The molecule has 3 rings (SSSR count). The van der Waals surface area contributed by atoms with Gasteiger partial charge in [-0.15, -0.1) is 0 Å². The monoisotopic (exact) mass is 310 g/mol. The normalized spacial score (nSPS) is 12.3. The summed E-state index contributed by atoms with van der Waals surface area (Å²) in [6, 6.07) is 10.3. The van der Waals surface area contributed by atoms with Crippen LogP contribution in [0.1, 0.15) is 25.7 Å². The molecule has 0 radical (unpaired) electrons. The number of aromatic nitrogens is 3. The third-order valence-corrected chi connectivity index (χ3v) is 3.48. The van der Waals surface area contributed by atoms with Crippen LogP contribution >= 0.6 is 0 Å². The Morgan fingerprint density at radius 1 is 1.26 bits per heavy atom. The largest absolute Gasteiger partial charge is 0.494 e. The summed E-state index contributed by atoms with van der Waals surface area (Å²) in [5, 5.41) is 0.464. The Morgan fingerprint density at radius 3 is 2.65 bits per heavy atom. The van der Waals surface area contributed by atoms with Crippen LogP contribution in [0.15, 0.2) is 47.4 Å². The molecule has 0 bridgehead atoms. The quantitative estimate of drug-likeness (QED) is 0.798. The first-order valence-corrected chi connectivity index (χ1v) is 7.48. The van der Waals surface area contributed by atoms with E-state index in [0.29, 0.717) is 29.2 Å². The maximum absolute atomic E-state index is 12.9. The van der Waals surface area contributed by atoms with E-state index in [0.717, 1.165) is 5.75 Å². The summed E-state index contributed by atoms with van der Waals surface area (Å²) in [5.41, 5.74) is 6.94. The fraction of sp³-hybridized carbons (Fsp3) is 0.235. The van der Waals surface area contributed by atoms with E-state index in [2.05, 4.69) is 9.97 Å². The molecule has 0 saturated heterocycles. The van der Waals surface area contributed by atoms with Crippen molar-refractivity contribution in [1.82, 2.24) is 14.5 Å². The lowest BCUT2D eigenvalue weighted by Gasteiger charge is -2.15. The predicted molar refractivity (Wildman–Crippen MR) is 88.9 cm³/mol. The van der Waals surface area contributed by atoms with Crippen LogP contribution in [0.4, 0.5) is 0 Å². The van der Waals surface area contributed by atoms with E-state index in [1.807, 2.05) is 31.2 Å². The zero-order valence-electron chi connectivity index (χ0n) is 13.1. The van der Waals surface area contributed by atoms with Gasteiger partial charge >= 0.3 is 0 Å². The summed E-state index contributed by atoms with van der Waals surface area (Å²) >= 11 is 0. The van der Waals surface area contributed by atoms with E-state index in [1.54, 1.807) is 25.3 Å². The van der Waals surface area contributed by atoms with Crippen LogP contribution in [0, 0.1) is 0 Å². The number of nitrogens with zero attached hydrogens (tertiary/aromatic N) is 3. The van der Waals surface area contributed by atoms with Crippen molar-refractivity contribution in [3.05, 3.63) is 58.8 Å². The summed E-state index contributed by atoms with van der Waals surface area (Å²) in [4.78, 5) is 21.5. The average Bonchev–Trinajstić information content (AvgIpc) is 2.56.